The van der Waals surface area contributed by atoms with Crippen molar-refractivity contribution in [2.45, 2.75) is 0 Å². The predicted molar refractivity (Wildman–Crippen MR) is 65.4 cm³/mol. The van der Waals surface area contributed by atoms with Gasteiger partial charge in [0.1, 0.15) is 5.21 Å². The smallest absolute Gasteiger partial charge is 0.211 e. The van der Waals surface area contributed by atoms with E-state index in [1.165, 1.54) is 22.7 Å². The van der Waals surface area contributed by atoms with Crippen LogP contribution in [0, 0.1) is 0 Å². The minimum absolute atomic E-state index is 0.141. The lowest BCUT2D eigenvalue weighted by Gasteiger charge is -2.34. The summed E-state index contributed by atoms with van der Waals surface area (Å²) in [6.07, 6.45) is 0. The number of halogens is 1. The summed E-state index contributed by atoms with van der Waals surface area (Å²) >= 11 is 5.33. The van der Waals surface area contributed by atoms with Gasteiger partial charge in [-0.2, -0.15) is 21.3 Å². The molecule has 0 atom stereocenters. The van der Waals surface area contributed by atoms with Gasteiger partial charge in [0.05, 0.1) is 0 Å². The van der Waals surface area contributed by atoms with Crippen LogP contribution in [-0.2, 0) is 20.2 Å². The summed E-state index contributed by atoms with van der Waals surface area (Å²) < 4.78 is 50.0. The normalized spacial score (nSPS) is 20.9. The topological polar surface area (TPSA) is 78.0 Å². The van der Waals surface area contributed by atoms with Crippen molar-refractivity contribution in [1.82, 2.24) is 12.9 Å². The van der Waals surface area contributed by atoms with Gasteiger partial charge >= 0.3 is 0 Å². The highest BCUT2D eigenvalue weighted by Crippen LogP contribution is 2.13. The molecule has 0 bridgehead atoms. The lowest BCUT2D eigenvalue weighted by atomic mass is 10.4. The van der Waals surface area contributed by atoms with E-state index in [1.54, 1.807) is 0 Å². The van der Waals surface area contributed by atoms with E-state index < -0.39 is 25.4 Å². The van der Waals surface area contributed by atoms with Crippen LogP contribution >= 0.6 is 11.6 Å². The molecule has 0 aliphatic carbocycles. The molecule has 1 fully saturated rings. The molecule has 0 aromatic heterocycles. The maximum atomic E-state index is 11.8. The van der Waals surface area contributed by atoms with Crippen LogP contribution in [0.1, 0.15) is 0 Å². The Hall–Kier alpha value is 0.0700. The van der Waals surface area contributed by atoms with Gasteiger partial charge in [0, 0.05) is 40.3 Å². The molecule has 0 radical (unpaired) electrons. The average molecular weight is 306 g/mol. The first kappa shape index (κ1) is 15.1. The molecule has 0 unspecified atom stereocenters. The number of rotatable bonds is 4. The summed E-state index contributed by atoms with van der Waals surface area (Å²) in [5.74, 6) is 0. The van der Waals surface area contributed by atoms with Gasteiger partial charge in [-0.05, 0) is 0 Å². The van der Waals surface area contributed by atoms with Gasteiger partial charge in [-0.15, -0.1) is 11.6 Å². The largest absolute Gasteiger partial charge is 0.281 e. The van der Waals surface area contributed by atoms with Gasteiger partial charge in [0.25, 0.3) is 10.2 Å². The standard InChI is InChI=1S/C7H16ClN3O4S2/c1-9(2)17(14,15)11-5-3-10(4-6-11)16(12,13)7-8/h3-7H2,1-2H3. The second-order valence-corrected chi connectivity index (χ2v) is 8.50. The Morgan fingerprint density at radius 2 is 1.41 bits per heavy atom. The maximum absolute atomic E-state index is 11.8. The van der Waals surface area contributed by atoms with Crippen LogP contribution in [0.15, 0.2) is 0 Å². The average Bonchev–Trinajstić information content (AvgIpc) is 2.29. The van der Waals surface area contributed by atoms with Crippen molar-refractivity contribution in [2.75, 3.05) is 45.5 Å². The maximum Gasteiger partial charge on any atom is 0.281 e. The summed E-state index contributed by atoms with van der Waals surface area (Å²) in [5.41, 5.74) is 0. The van der Waals surface area contributed by atoms with Crippen molar-refractivity contribution in [2.24, 2.45) is 0 Å². The van der Waals surface area contributed by atoms with Gasteiger partial charge in [0.15, 0.2) is 0 Å². The number of sulfonamides is 1. The molecule has 0 N–H and O–H groups in total. The Kier molecular flexibility index (Phi) is 4.78. The monoisotopic (exact) mass is 305 g/mol. The second kappa shape index (κ2) is 5.37. The predicted octanol–water partition coefficient (Wildman–Crippen LogP) is -1.06. The molecule has 1 saturated heterocycles. The van der Waals surface area contributed by atoms with Crippen molar-refractivity contribution < 1.29 is 16.8 Å². The molecule has 0 aromatic carbocycles. The third-order valence-corrected chi connectivity index (χ3v) is 6.71. The van der Waals surface area contributed by atoms with E-state index in [4.69, 9.17) is 11.6 Å². The first-order valence-electron chi connectivity index (χ1n) is 4.93. The number of hydrogen-bond acceptors (Lipinski definition) is 4. The molecule has 0 saturated carbocycles. The summed E-state index contributed by atoms with van der Waals surface area (Å²) in [7, 11) is -4.03. The number of piperazine rings is 1. The van der Waals surface area contributed by atoms with Crippen molar-refractivity contribution in [3.63, 3.8) is 0 Å². The molecule has 17 heavy (non-hydrogen) atoms. The molecular weight excluding hydrogens is 290 g/mol. The fourth-order valence-corrected chi connectivity index (χ4v) is 3.84. The Bertz CT molecular complexity index is 454. The molecule has 102 valence electrons. The number of nitrogens with zero attached hydrogens (tertiary/aromatic N) is 3. The van der Waals surface area contributed by atoms with Crippen molar-refractivity contribution in [3.8, 4) is 0 Å². The van der Waals surface area contributed by atoms with Crippen LogP contribution in [0.5, 0.6) is 0 Å². The van der Waals surface area contributed by atoms with Crippen molar-refractivity contribution in [3.05, 3.63) is 0 Å². The Morgan fingerprint density at radius 3 is 1.76 bits per heavy atom. The van der Waals surface area contributed by atoms with Gasteiger partial charge in [-0.1, -0.05) is 0 Å². The fraction of sp³-hybridized carbons (Fsp3) is 1.00. The molecule has 1 aliphatic rings. The fourth-order valence-electron chi connectivity index (χ4n) is 1.48. The van der Waals surface area contributed by atoms with E-state index in [0.29, 0.717) is 0 Å². The third kappa shape index (κ3) is 3.30. The van der Waals surface area contributed by atoms with Gasteiger partial charge < -0.3 is 0 Å². The molecule has 10 heteroatoms. The second-order valence-electron chi connectivity index (χ2n) is 3.81. The molecule has 0 aromatic rings. The van der Waals surface area contributed by atoms with Crippen LogP contribution < -0.4 is 0 Å². The molecule has 1 heterocycles. The zero-order chi connectivity index (χ0) is 13.3. The minimum atomic E-state index is -3.46. The molecule has 1 aliphatic heterocycles. The number of hydrogen-bond donors (Lipinski definition) is 0. The van der Waals surface area contributed by atoms with Crippen LogP contribution in [0.4, 0.5) is 0 Å². The quantitative estimate of drug-likeness (QED) is 0.620. The number of alkyl halides is 1. The first-order valence-corrected chi connectivity index (χ1v) is 8.47. The minimum Gasteiger partial charge on any atom is -0.211 e. The van der Waals surface area contributed by atoms with Crippen LogP contribution in [-0.4, -0.2) is 75.2 Å². The highest BCUT2D eigenvalue weighted by atomic mass is 35.5. The van der Waals surface area contributed by atoms with E-state index >= 15 is 0 Å². The highest BCUT2D eigenvalue weighted by Gasteiger charge is 2.32. The van der Waals surface area contributed by atoms with E-state index in [9.17, 15) is 16.8 Å². The Balaban J connectivity index is 2.70. The van der Waals surface area contributed by atoms with E-state index in [0.717, 1.165) is 4.31 Å². The van der Waals surface area contributed by atoms with Gasteiger partial charge in [-0.25, -0.2) is 8.42 Å². The third-order valence-electron chi connectivity index (χ3n) is 2.52. The summed E-state index contributed by atoms with van der Waals surface area (Å²) in [4.78, 5) is 0. The SMILES string of the molecule is CN(C)S(=O)(=O)N1CCN(S(=O)(=O)CCl)CC1. The highest BCUT2D eigenvalue weighted by molar-refractivity contribution is 7.90. The van der Waals surface area contributed by atoms with Crippen LogP contribution in [0.3, 0.4) is 0 Å². The summed E-state index contributed by atoms with van der Waals surface area (Å²) in [6, 6.07) is 0. The van der Waals surface area contributed by atoms with Gasteiger partial charge in [0.2, 0.25) is 10.0 Å². The first-order chi connectivity index (χ1) is 7.71. The Morgan fingerprint density at radius 1 is 1.00 bits per heavy atom. The zero-order valence-corrected chi connectivity index (χ0v) is 12.1. The molecule has 7 nitrogen and oxygen atoms in total. The van der Waals surface area contributed by atoms with Crippen molar-refractivity contribution >= 4 is 31.8 Å². The van der Waals surface area contributed by atoms with Crippen LogP contribution in [0.25, 0.3) is 0 Å². The molecule has 1 rings (SSSR count). The molecule has 0 spiro atoms. The molecule has 0 amide bonds. The van der Waals surface area contributed by atoms with Crippen LogP contribution in [0.2, 0.25) is 0 Å². The van der Waals surface area contributed by atoms with E-state index in [1.807, 2.05) is 0 Å². The van der Waals surface area contributed by atoms with E-state index in [-0.39, 0.29) is 26.2 Å². The summed E-state index contributed by atoms with van der Waals surface area (Å²) in [5, 5.41) is -0.479. The lowest BCUT2D eigenvalue weighted by Crippen LogP contribution is -2.53. The van der Waals surface area contributed by atoms with E-state index in [2.05, 4.69) is 0 Å². The Labute approximate surface area is 107 Å². The zero-order valence-electron chi connectivity index (χ0n) is 9.70. The molecular formula is C7H16ClN3O4S2. The summed E-state index contributed by atoms with van der Waals surface area (Å²) in [6.45, 7) is 0.581. The lowest BCUT2D eigenvalue weighted by molar-refractivity contribution is 0.263. The van der Waals surface area contributed by atoms with Gasteiger partial charge in [-0.3, -0.25) is 0 Å². The van der Waals surface area contributed by atoms with Crippen molar-refractivity contribution in [1.29, 1.82) is 0 Å².